The van der Waals surface area contributed by atoms with E-state index in [-0.39, 0.29) is 49.6 Å². The van der Waals surface area contributed by atoms with Crippen molar-refractivity contribution in [1.82, 2.24) is 0 Å². The van der Waals surface area contributed by atoms with Gasteiger partial charge in [-0.1, -0.05) is 0 Å². The standard InChI is InChI=1S/4ClH.2O.Zr/h4*1H;;;. The number of hydrogen-bond acceptors (Lipinski definition) is 2. The third-order valence-corrected chi connectivity index (χ3v) is 0. The maximum atomic E-state index is 8.54. The van der Waals surface area contributed by atoms with E-state index >= 15 is 0 Å². The summed E-state index contributed by atoms with van der Waals surface area (Å²) in [4.78, 5) is 0. The van der Waals surface area contributed by atoms with Crippen molar-refractivity contribution in [3.8, 4) is 0 Å². The molecule has 0 aromatic heterocycles. The van der Waals surface area contributed by atoms with Gasteiger partial charge in [-0.2, -0.15) is 0 Å². The summed E-state index contributed by atoms with van der Waals surface area (Å²) in [6.07, 6.45) is 0. The number of hydrogen-bond donors (Lipinski definition) is 0. The molecule has 48 valence electrons. The fourth-order valence-corrected chi connectivity index (χ4v) is 0. The van der Waals surface area contributed by atoms with Gasteiger partial charge >= 0.3 is 28.9 Å². The molecule has 0 unspecified atom stereocenters. The summed E-state index contributed by atoms with van der Waals surface area (Å²) in [6, 6.07) is 0. The molecule has 0 bridgehead atoms. The SMILES string of the molecule is Cl.Cl.Cl.Cl.[O]=[Zr]=[O]. The van der Waals surface area contributed by atoms with E-state index in [4.69, 9.17) is 5.63 Å². The second-order valence-electron chi connectivity index (χ2n) is 0.0833. The topological polar surface area (TPSA) is 34.1 Å². The first-order valence-electron chi connectivity index (χ1n) is 0.408. The van der Waals surface area contributed by atoms with Crippen molar-refractivity contribution >= 4 is 49.6 Å². The van der Waals surface area contributed by atoms with Crippen molar-refractivity contribution < 1.29 is 28.9 Å². The van der Waals surface area contributed by atoms with Gasteiger partial charge in [-0.25, -0.2) is 0 Å². The van der Waals surface area contributed by atoms with E-state index in [2.05, 4.69) is 0 Å². The summed E-state index contributed by atoms with van der Waals surface area (Å²) >= 11 is -2.27. The Bertz CT molecular complexity index is 30.7. The Labute approximate surface area is 77.9 Å². The van der Waals surface area contributed by atoms with Gasteiger partial charge < -0.3 is 0 Å². The minimum absolute atomic E-state index is 0. The Kier molecular flexibility index (Phi) is 262. The van der Waals surface area contributed by atoms with Crippen LogP contribution in [0.1, 0.15) is 0 Å². The van der Waals surface area contributed by atoms with Crippen LogP contribution >= 0.6 is 49.6 Å². The van der Waals surface area contributed by atoms with Crippen molar-refractivity contribution in [2.45, 2.75) is 0 Å². The van der Waals surface area contributed by atoms with Crippen LogP contribution in [-0.4, -0.2) is 0 Å². The third-order valence-electron chi connectivity index (χ3n) is 0. The Balaban J connectivity index is -0.00000000333. The van der Waals surface area contributed by atoms with Gasteiger partial charge in [0.05, 0.1) is 0 Å². The zero-order valence-corrected chi connectivity index (χ0v) is 8.67. The van der Waals surface area contributed by atoms with Crippen LogP contribution in [0.3, 0.4) is 0 Å². The quantitative estimate of drug-likeness (QED) is 0.667. The summed E-state index contributed by atoms with van der Waals surface area (Å²) in [5, 5.41) is 0. The molecule has 0 spiro atoms. The van der Waals surface area contributed by atoms with E-state index in [0.29, 0.717) is 0 Å². The molecule has 0 aliphatic carbocycles. The van der Waals surface area contributed by atoms with E-state index in [1.54, 1.807) is 0 Å². The van der Waals surface area contributed by atoms with Crippen molar-refractivity contribution in [1.29, 1.82) is 0 Å². The summed E-state index contributed by atoms with van der Waals surface area (Å²) < 4.78 is 17.1. The minimum atomic E-state index is -2.27. The van der Waals surface area contributed by atoms with Crippen molar-refractivity contribution in [2.24, 2.45) is 0 Å². The summed E-state index contributed by atoms with van der Waals surface area (Å²) in [5.41, 5.74) is 0. The van der Waals surface area contributed by atoms with Crippen molar-refractivity contribution in [2.75, 3.05) is 0 Å². The molecule has 0 aliphatic rings. The first kappa shape index (κ1) is 38.0. The van der Waals surface area contributed by atoms with Gasteiger partial charge in [0, 0.05) is 0 Å². The fraction of sp³-hybridized carbons (Fsp3) is 0. The van der Waals surface area contributed by atoms with Gasteiger partial charge in [-0.3, -0.25) is 0 Å². The zero-order valence-electron chi connectivity index (χ0n) is 2.95. The summed E-state index contributed by atoms with van der Waals surface area (Å²) in [7, 11) is 0. The summed E-state index contributed by atoms with van der Waals surface area (Å²) in [5.74, 6) is 0. The maximum absolute atomic E-state index is 8.54. The van der Waals surface area contributed by atoms with Crippen molar-refractivity contribution in [3.05, 3.63) is 0 Å². The molecule has 0 fully saturated rings. The molecule has 0 heterocycles. The predicted molar refractivity (Wildman–Crippen MR) is 30.4 cm³/mol. The van der Waals surface area contributed by atoms with Crippen LogP contribution in [0, 0.1) is 0 Å². The second kappa shape index (κ2) is 48.3. The van der Waals surface area contributed by atoms with Crippen LogP contribution in [0.25, 0.3) is 0 Å². The molecule has 0 saturated carbocycles. The van der Waals surface area contributed by atoms with E-state index < -0.39 is 23.2 Å². The first-order valence-corrected chi connectivity index (χ1v) is 2.42. The molecule has 0 saturated heterocycles. The molecule has 0 atom stereocenters. The average Bonchev–Trinajstić information content (AvgIpc) is 0.918. The second-order valence-corrected chi connectivity index (χ2v) is 0.493. The van der Waals surface area contributed by atoms with Gasteiger partial charge in [0.25, 0.3) is 0 Å². The monoisotopic (exact) mass is 266 g/mol. The molecule has 0 aromatic carbocycles. The Morgan fingerprint density at radius 1 is 0.714 bits per heavy atom. The van der Waals surface area contributed by atoms with Gasteiger partial charge in [0.15, 0.2) is 0 Å². The summed E-state index contributed by atoms with van der Waals surface area (Å²) in [6.45, 7) is 0. The van der Waals surface area contributed by atoms with Crippen LogP contribution < -0.4 is 0 Å². The third kappa shape index (κ3) is 90.2. The molecular formula is H4Cl4O2Zr. The van der Waals surface area contributed by atoms with E-state index in [0.717, 1.165) is 0 Å². The molecule has 0 N–H and O–H groups in total. The Hall–Kier alpha value is 1.64. The normalized spacial score (nSPS) is 1.14. The van der Waals surface area contributed by atoms with Gasteiger partial charge in [-0.15, -0.1) is 49.6 Å². The molecule has 0 radical (unpaired) electrons. The van der Waals surface area contributed by atoms with Crippen molar-refractivity contribution in [3.63, 3.8) is 0 Å². The van der Waals surface area contributed by atoms with E-state index in [1.165, 1.54) is 0 Å². The Morgan fingerprint density at radius 2 is 0.714 bits per heavy atom. The zero-order chi connectivity index (χ0) is 2.71. The van der Waals surface area contributed by atoms with Crippen LogP contribution in [0.15, 0.2) is 0 Å². The molecule has 7 heavy (non-hydrogen) atoms. The Morgan fingerprint density at radius 3 is 0.714 bits per heavy atom. The molecular weight excluding hydrogens is 265 g/mol. The van der Waals surface area contributed by atoms with Gasteiger partial charge in [0.2, 0.25) is 0 Å². The molecule has 0 amide bonds. The fourth-order valence-electron chi connectivity index (χ4n) is 0. The number of halogens is 4. The van der Waals surface area contributed by atoms with Crippen LogP contribution in [0.5, 0.6) is 0 Å². The molecule has 0 rings (SSSR count). The van der Waals surface area contributed by atoms with E-state index in [1.807, 2.05) is 0 Å². The van der Waals surface area contributed by atoms with Gasteiger partial charge in [0.1, 0.15) is 0 Å². The molecule has 2 nitrogen and oxygen atoms in total. The number of rotatable bonds is 0. The van der Waals surface area contributed by atoms with E-state index in [9.17, 15) is 0 Å². The molecule has 0 aromatic rings. The van der Waals surface area contributed by atoms with Crippen LogP contribution in [0.4, 0.5) is 0 Å². The average molecular weight is 269 g/mol. The predicted octanol–water partition coefficient (Wildman–Crippen LogP) is 1.45. The van der Waals surface area contributed by atoms with Crippen LogP contribution in [0.2, 0.25) is 0 Å². The molecule has 0 aliphatic heterocycles. The molecule has 7 heteroatoms. The van der Waals surface area contributed by atoms with Gasteiger partial charge in [-0.05, 0) is 0 Å². The van der Waals surface area contributed by atoms with Crippen LogP contribution in [-0.2, 0) is 28.9 Å². The first-order chi connectivity index (χ1) is 1.41.